The predicted octanol–water partition coefficient (Wildman–Crippen LogP) is 2.95. The molecule has 6 heteroatoms. The van der Waals surface area contributed by atoms with Gasteiger partial charge in [-0.25, -0.2) is 5.43 Å². The summed E-state index contributed by atoms with van der Waals surface area (Å²) in [6.07, 6.45) is 0.256. The Morgan fingerprint density at radius 3 is 2.75 bits per heavy atom. The Morgan fingerprint density at radius 2 is 1.96 bits per heavy atom. The molecule has 0 aliphatic carbocycles. The Balaban J connectivity index is 1.58. The lowest BCUT2D eigenvalue weighted by Gasteiger charge is -2.07. The smallest absolute Gasteiger partial charge is 0.243 e. The second kappa shape index (κ2) is 7.31. The molecule has 1 heterocycles. The molecule has 124 valence electrons. The summed E-state index contributed by atoms with van der Waals surface area (Å²) >= 11 is 1.54. The first kappa shape index (κ1) is 16.3. The topological polar surface area (TPSA) is 55.6 Å². The number of benzene rings is 2. The molecule has 0 aliphatic rings. The molecule has 0 fully saturated rings. The van der Waals surface area contributed by atoms with Crippen LogP contribution in [0.15, 0.2) is 53.6 Å². The molecular formula is C18H19N3O2S. The van der Waals surface area contributed by atoms with Crippen molar-refractivity contribution in [2.24, 2.45) is 12.1 Å². The number of para-hydroxylation sites is 2. The molecule has 1 N–H and O–H groups in total. The van der Waals surface area contributed by atoms with Crippen molar-refractivity contribution in [3.05, 3.63) is 58.9 Å². The van der Waals surface area contributed by atoms with E-state index in [1.165, 1.54) is 11.3 Å². The molecule has 3 aromatic rings. The van der Waals surface area contributed by atoms with Crippen LogP contribution in [0, 0.1) is 6.92 Å². The van der Waals surface area contributed by atoms with Gasteiger partial charge >= 0.3 is 0 Å². The zero-order chi connectivity index (χ0) is 16.9. The van der Waals surface area contributed by atoms with Gasteiger partial charge in [0, 0.05) is 7.05 Å². The van der Waals surface area contributed by atoms with Crippen molar-refractivity contribution in [3.8, 4) is 5.75 Å². The van der Waals surface area contributed by atoms with Crippen LogP contribution in [0.1, 0.15) is 12.0 Å². The highest BCUT2D eigenvalue weighted by molar-refractivity contribution is 7.16. The minimum atomic E-state index is -0.166. The standard InChI is InChI=1S/C18H19N3O2S/c1-13-7-3-5-9-15(13)23-12-11-17(22)19-20-18-21(2)14-8-4-6-10-16(14)24-18/h3-10H,11-12H2,1-2H3,(H,19,22)/b20-18+. The minimum Gasteiger partial charge on any atom is -0.493 e. The summed E-state index contributed by atoms with van der Waals surface area (Å²) in [6.45, 7) is 2.30. The van der Waals surface area contributed by atoms with Gasteiger partial charge in [-0.15, -0.1) is 5.10 Å². The minimum absolute atomic E-state index is 0.166. The van der Waals surface area contributed by atoms with Gasteiger partial charge in [0.15, 0.2) is 0 Å². The molecule has 0 radical (unpaired) electrons. The maximum absolute atomic E-state index is 11.9. The number of ether oxygens (including phenoxy) is 1. The van der Waals surface area contributed by atoms with E-state index in [-0.39, 0.29) is 12.3 Å². The maximum atomic E-state index is 11.9. The third-order valence-electron chi connectivity index (χ3n) is 3.67. The first-order valence-corrected chi connectivity index (χ1v) is 8.52. The second-order valence-electron chi connectivity index (χ2n) is 5.42. The van der Waals surface area contributed by atoms with E-state index in [0.29, 0.717) is 6.61 Å². The number of nitrogens with zero attached hydrogens (tertiary/aromatic N) is 2. The fraction of sp³-hybridized carbons (Fsp3) is 0.222. The number of nitrogens with one attached hydrogen (secondary N) is 1. The first-order valence-electron chi connectivity index (χ1n) is 7.71. The Labute approximate surface area is 144 Å². The summed E-state index contributed by atoms with van der Waals surface area (Å²) in [4.78, 5) is 12.7. The van der Waals surface area contributed by atoms with Gasteiger partial charge in [-0.05, 0) is 30.7 Å². The molecule has 5 nitrogen and oxygen atoms in total. The van der Waals surface area contributed by atoms with Crippen molar-refractivity contribution in [1.29, 1.82) is 0 Å². The van der Waals surface area contributed by atoms with Gasteiger partial charge in [0.25, 0.3) is 0 Å². The predicted molar refractivity (Wildman–Crippen MR) is 95.8 cm³/mol. The van der Waals surface area contributed by atoms with Gasteiger partial charge in [-0.2, -0.15) is 0 Å². The third kappa shape index (κ3) is 3.65. The van der Waals surface area contributed by atoms with Crippen LogP contribution >= 0.6 is 11.3 Å². The number of aromatic nitrogens is 1. The molecule has 1 aromatic heterocycles. The number of amides is 1. The normalized spacial score (nSPS) is 11.7. The lowest BCUT2D eigenvalue weighted by atomic mass is 10.2. The molecule has 3 rings (SSSR count). The molecule has 0 spiro atoms. The number of carbonyl (C=O) groups is 1. The maximum Gasteiger partial charge on any atom is 0.243 e. The second-order valence-corrected chi connectivity index (χ2v) is 6.43. The lowest BCUT2D eigenvalue weighted by molar-refractivity contribution is -0.121. The molecule has 0 atom stereocenters. The molecule has 24 heavy (non-hydrogen) atoms. The summed E-state index contributed by atoms with van der Waals surface area (Å²) in [5.74, 6) is 0.638. The third-order valence-corrected chi connectivity index (χ3v) is 4.78. The van der Waals surface area contributed by atoms with Gasteiger partial charge in [0.2, 0.25) is 10.7 Å². The van der Waals surface area contributed by atoms with Crippen molar-refractivity contribution in [3.63, 3.8) is 0 Å². The fourth-order valence-corrected chi connectivity index (χ4v) is 3.31. The average Bonchev–Trinajstić information content (AvgIpc) is 2.91. The van der Waals surface area contributed by atoms with Crippen LogP contribution in [-0.2, 0) is 11.8 Å². The highest BCUT2D eigenvalue weighted by Crippen LogP contribution is 2.16. The monoisotopic (exact) mass is 341 g/mol. The van der Waals surface area contributed by atoms with Crippen molar-refractivity contribution in [1.82, 2.24) is 9.99 Å². The fourth-order valence-electron chi connectivity index (χ4n) is 2.33. The van der Waals surface area contributed by atoms with Gasteiger partial charge in [-0.3, -0.25) is 4.79 Å². The zero-order valence-electron chi connectivity index (χ0n) is 13.7. The largest absolute Gasteiger partial charge is 0.493 e. The van der Waals surface area contributed by atoms with E-state index >= 15 is 0 Å². The highest BCUT2D eigenvalue weighted by Gasteiger charge is 2.04. The molecule has 0 bridgehead atoms. The molecule has 2 aromatic carbocycles. The zero-order valence-corrected chi connectivity index (χ0v) is 14.5. The van der Waals surface area contributed by atoms with E-state index in [9.17, 15) is 4.79 Å². The van der Waals surface area contributed by atoms with Crippen LogP contribution in [0.3, 0.4) is 0 Å². The van der Waals surface area contributed by atoms with Crippen LogP contribution in [0.25, 0.3) is 10.2 Å². The lowest BCUT2D eigenvalue weighted by Crippen LogP contribution is -2.24. The summed E-state index contributed by atoms with van der Waals surface area (Å²) in [6, 6.07) is 15.8. The first-order chi connectivity index (χ1) is 11.6. The molecule has 0 aliphatic heterocycles. The summed E-state index contributed by atoms with van der Waals surface area (Å²) in [5, 5.41) is 4.21. The van der Waals surface area contributed by atoms with Crippen molar-refractivity contribution in [2.75, 3.05) is 6.61 Å². The SMILES string of the molecule is Cc1ccccc1OCCC(=O)N/N=c1/sc2ccccc2n1C. The summed E-state index contributed by atoms with van der Waals surface area (Å²) < 4.78 is 8.72. The van der Waals surface area contributed by atoms with E-state index in [4.69, 9.17) is 4.74 Å². The summed E-state index contributed by atoms with van der Waals surface area (Å²) in [5.41, 5.74) is 4.75. The molecule has 1 amide bonds. The number of fused-ring (bicyclic) bond motifs is 1. The van der Waals surface area contributed by atoms with Crippen LogP contribution < -0.4 is 15.0 Å². The number of carbonyl (C=O) groups excluding carboxylic acids is 1. The van der Waals surface area contributed by atoms with Crippen molar-refractivity contribution in [2.45, 2.75) is 13.3 Å². The van der Waals surface area contributed by atoms with E-state index in [2.05, 4.69) is 10.5 Å². The molecule has 0 saturated heterocycles. The van der Waals surface area contributed by atoms with E-state index in [1.807, 2.05) is 67.1 Å². The Kier molecular flexibility index (Phi) is 4.96. The van der Waals surface area contributed by atoms with Gasteiger partial charge in [0.05, 0.1) is 23.2 Å². The highest BCUT2D eigenvalue weighted by atomic mass is 32.1. The van der Waals surface area contributed by atoms with Crippen molar-refractivity contribution >= 4 is 27.5 Å². The van der Waals surface area contributed by atoms with Crippen LogP contribution in [0.5, 0.6) is 5.75 Å². The Bertz CT molecular complexity index is 927. The van der Waals surface area contributed by atoms with Crippen LogP contribution in [0.4, 0.5) is 0 Å². The van der Waals surface area contributed by atoms with E-state index in [1.54, 1.807) is 0 Å². The number of aryl methyl sites for hydroxylation is 2. The Hall–Kier alpha value is -2.60. The average molecular weight is 341 g/mol. The number of hydrogen-bond donors (Lipinski definition) is 1. The number of hydrogen-bond acceptors (Lipinski definition) is 4. The Morgan fingerprint density at radius 1 is 1.21 bits per heavy atom. The van der Waals surface area contributed by atoms with Crippen LogP contribution in [-0.4, -0.2) is 17.1 Å². The van der Waals surface area contributed by atoms with Gasteiger partial charge in [-0.1, -0.05) is 41.7 Å². The van der Waals surface area contributed by atoms with E-state index < -0.39 is 0 Å². The summed E-state index contributed by atoms with van der Waals surface area (Å²) in [7, 11) is 1.94. The number of thiazole rings is 1. The quantitative estimate of drug-likeness (QED) is 0.726. The van der Waals surface area contributed by atoms with E-state index in [0.717, 1.165) is 26.3 Å². The van der Waals surface area contributed by atoms with Crippen molar-refractivity contribution < 1.29 is 9.53 Å². The van der Waals surface area contributed by atoms with Gasteiger partial charge < -0.3 is 9.30 Å². The van der Waals surface area contributed by atoms with Gasteiger partial charge in [0.1, 0.15) is 5.75 Å². The van der Waals surface area contributed by atoms with Crippen LogP contribution in [0.2, 0.25) is 0 Å². The molecule has 0 saturated carbocycles. The molecular weight excluding hydrogens is 322 g/mol. The molecule has 0 unspecified atom stereocenters. The number of rotatable bonds is 5.